The number of hydrogen-bond donors (Lipinski definition) is 0. The molecule has 6 nitrogen and oxygen atoms in total. The highest BCUT2D eigenvalue weighted by Gasteiger charge is 2.39. The predicted octanol–water partition coefficient (Wildman–Crippen LogP) is 20.1. The van der Waals surface area contributed by atoms with Gasteiger partial charge in [0.25, 0.3) is 0 Å². The van der Waals surface area contributed by atoms with Crippen LogP contribution >= 0.6 is 0 Å². The van der Waals surface area contributed by atoms with Gasteiger partial charge in [-0.1, -0.05) is 159 Å². The SMILES string of the molecule is COc1ccccc1N(c1ccc(C(C)C)cc1)c1ccc2c(c1)C(C)(C)c1cc3c(N(c4ccc(C(C)C)cc4)c4ccccc4OC)c4ccccc4c(N(c4ccc(C(C)C)cc4)c4ccccc4OC)c3cc1-2. The maximum atomic E-state index is 6.28. The average Bonchev–Trinajstić information content (AvgIpc) is 3.86. The molecule has 0 fully saturated rings. The highest BCUT2D eigenvalue weighted by Crippen LogP contribution is 2.58. The lowest BCUT2D eigenvalue weighted by atomic mass is 9.81. The first kappa shape index (κ1) is 50.7. The van der Waals surface area contributed by atoms with Crippen LogP contribution in [0, 0.1) is 0 Å². The molecule has 77 heavy (non-hydrogen) atoms. The van der Waals surface area contributed by atoms with Crippen molar-refractivity contribution >= 4 is 72.7 Å². The minimum Gasteiger partial charge on any atom is -0.495 e. The number of nitrogens with zero attached hydrogens (tertiary/aromatic N) is 3. The molecule has 11 rings (SSSR count). The van der Waals surface area contributed by atoms with Crippen molar-refractivity contribution in [3.63, 3.8) is 0 Å². The molecule has 0 heterocycles. The third-order valence-corrected chi connectivity index (χ3v) is 15.9. The number of para-hydroxylation sites is 6. The highest BCUT2D eigenvalue weighted by molar-refractivity contribution is 6.24. The molecule has 1 aliphatic carbocycles. The predicted molar refractivity (Wildman–Crippen MR) is 325 cm³/mol. The van der Waals surface area contributed by atoms with Crippen molar-refractivity contribution in [3.8, 4) is 28.4 Å². The first-order valence-corrected chi connectivity index (χ1v) is 27.1. The Balaban J connectivity index is 1.25. The van der Waals surface area contributed by atoms with E-state index in [1.807, 2.05) is 24.3 Å². The van der Waals surface area contributed by atoms with Crippen molar-refractivity contribution in [1.29, 1.82) is 0 Å². The summed E-state index contributed by atoms with van der Waals surface area (Å²) in [6.45, 7) is 18.3. The van der Waals surface area contributed by atoms with Crippen molar-refractivity contribution in [2.24, 2.45) is 0 Å². The van der Waals surface area contributed by atoms with Gasteiger partial charge in [-0.15, -0.1) is 0 Å². The molecule has 10 aromatic rings. The summed E-state index contributed by atoms with van der Waals surface area (Å²) in [5.74, 6) is 3.53. The van der Waals surface area contributed by atoms with Crippen LogP contribution in [0.2, 0.25) is 0 Å². The van der Waals surface area contributed by atoms with Crippen LogP contribution in [0.15, 0.2) is 200 Å². The monoisotopic (exact) mass is 1010 g/mol. The van der Waals surface area contributed by atoms with Gasteiger partial charge in [0.2, 0.25) is 0 Å². The first-order valence-electron chi connectivity index (χ1n) is 27.1. The molecule has 386 valence electrons. The molecule has 0 atom stereocenters. The van der Waals surface area contributed by atoms with Crippen molar-refractivity contribution in [2.75, 3.05) is 36.0 Å². The summed E-state index contributed by atoms with van der Waals surface area (Å²) in [5.41, 5.74) is 17.6. The van der Waals surface area contributed by atoms with Crippen molar-refractivity contribution in [1.82, 2.24) is 0 Å². The quantitative estimate of drug-likeness (QED) is 0.0752. The molecule has 0 saturated carbocycles. The summed E-state index contributed by atoms with van der Waals surface area (Å²) in [6.07, 6.45) is 0. The van der Waals surface area contributed by atoms with Crippen LogP contribution in [0.1, 0.15) is 101 Å². The van der Waals surface area contributed by atoms with Gasteiger partial charge in [0, 0.05) is 49.7 Å². The highest BCUT2D eigenvalue weighted by atomic mass is 16.5. The van der Waals surface area contributed by atoms with Gasteiger partial charge in [0.1, 0.15) is 17.2 Å². The summed E-state index contributed by atoms with van der Waals surface area (Å²) in [4.78, 5) is 7.19. The second kappa shape index (κ2) is 20.6. The Morgan fingerprint density at radius 3 is 1.06 bits per heavy atom. The van der Waals surface area contributed by atoms with Gasteiger partial charge < -0.3 is 28.9 Å². The summed E-state index contributed by atoms with van der Waals surface area (Å²) in [6, 6.07) is 73.2. The van der Waals surface area contributed by atoms with Gasteiger partial charge in [0.05, 0.1) is 49.8 Å². The van der Waals surface area contributed by atoms with Gasteiger partial charge in [-0.05, 0) is 154 Å². The second-order valence-electron chi connectivity index (χ2n) is 21.8. The van der Waals surface area contributed by atoms with E-state index in [1.54, 1.807) is 21.3 Å². The molecule has 0 spiro atoms. The molecule has 0 saturated heterocycles. The number of methoxy groups -OCH3 is 3. The molecule has 0 aliphatic heterocycles. The van der Waals surface area contributed by atoms with E-state index in [4.69, 9.17) is 14.2 Å². The van der Waals surface area contributed by atoms with Gasteiger partial charge in [-0.25, -0.2) is 0 Å². The van der Waals surface area contributed by atoms with Crippen molar-refractivity contribution in [2.45, 2.75) is 78.6 Å². The maximum Gasteiger partial charge on any atom is 0.142 e. The molecule has 0 bridgehead atoms. The summed E-state index contributed by atoms with van der Waals surface area (Å²) in [7, 11) is 5.29. The van der Waals surface area contributed by atoms with Crippen LogP contribution < -0.4 is 28.9 Å². The Morgan fingerprint density at radius 2 is 0.662 bits per heavy atom. The Kier molecular flexibility index (Phi) is 13.5. The number of benzene rings is 10. The van der Waals surface area contributed by atoms with Crippen LogP contribution in [0.5, 0.6) is 17.2 Å². The van der Waals surface area contributed by atoms with E-state index in [0.29, 0.717) is 17.8 Å². The van der Waals surface area contributed by atoms with Crippen LogP contribution in [0.3, 0.4) is 0 Å². The van der Waals surface area contributed by atoms with E-state index in [-0.39, 0.29) is 0 Å². The topological polar surface area (TPSA) is 37.4 Å². The molecular weight excluding hydrogens is 943 g/mol. The van der Waals surface area contributed by atoms with E-state index in [2.05, 4.69) is 246 Å². The number of ether oxygens (including phenoxy) is 3. The van der Waals surface area contributed by atoms with Crippen molar-refractivity contribution in [3.05, 3.63) is 228 Å². The molecule has 0 N–H and O–H groups in total. The van der Waals surface area contributed by atoms with Crippen LogP contribution in [0.4, 0.5) is 51.2 Å². The normalized spacial score (nSPS) is 12.5. The molecule has 0 amide bonds. The van der Waals surface area contributed by atoms with Crippen LogP contribution in [-0.2, 0) is 5.41 Å². The fourth-order valence-electron chi connectivity index (χ4n) is 11.6. The molecule has 10 aromatic carbocycles. The zero-order chi connectivity index (χ0) is 53.7. The largest absolute Gasteiger partial charge is 0.495 e. The van der Waals surface area contributed by atoms with Crippen LogP contribution in [0.25, 0.3) is 32.7 Å². The molecule has 1 aliphatic rings. The van der Waals surface area contributed by atoms with Gasteiger partial charge in [0.15, 0.2) is 0 Å². The minimum absolute atomic E-state index is 0.374. The smallest absolute Gasteiger partial charge is 0.142 e. The summed E-state index contributed by atoms with van der Waals surface area (Å²) < 4.78 is 18.6. The van der Waals surface area contributed by atoms with E-state index < -0.39 is 5.41 Å². The standard InChI is InChI=1S/C71H69N3O3/c1-45(2)48-28-34-51(35-29-48)72(63-22-14-17-25-66(63)75-9)54-40-41-55-58-43-59-60(44-62(58)71(7,8)61(55)42-54)70(74(65-24-16-19-27-68(65)77-11)53-38-32-50(33-39-53)47(5)6)57-21-13-12-20-56(57)69(59)73(64-23-15-18-26-67(64)76-10)52-36-30-49(31-37-52)46(3)4/h12-47H,1-11H3. The van der Waals surface area contributed by atoms with Gasteiger partial charge in [-0.2, -0.15) is 0 Å². The Labute approximate surface area is 455 Å². The van der Waals surface area contributed by atoms with E-state index >= 15 is 0 Å². The minimum atomic E-state index is -0.422. The zero-order valence-electron chi connectivity index (χ0n) is 46.4. The Bertz CT molecular complexity index is 3780. The third kappa shape index (κ3) is 8.89. The Morgan fingerprint density at radius 1 is 0.325 bits per heavy atom. The molecule has 0 unspecified atom stereocenters. The first-order chi connectivity index (χ1) is 37.3. The van der Waals surface area contributed by atoms with Gasteiger partial charge in [-0.3, -0.25) is 0 Å². The fourth-order valence-corrected chi connectivity index (χ4v) is 11.6. The van der Waals surface area contributed by atoms with Gasteiger partial charge >= 0.3 is 0 Å². The van der Waals surface area contributed by atoms with E-state index in [9.17, 15) is 0 Å². The summed E-state index contributed by atoms with van der Waals surface area (Å²) in [5, 5.41) is 4.40. The zero-order valence-corrected chi connectivity index (χ0v) is 46.4. The number of anilines is 9. The molecular formula is C71H69N3O3. The Hall–Kier alpha value is -8.48. The number of rotatable bonds is 15. The van der Waals surface area contributed by atoms with Crippen molar-refractivity contribution < 1.29 is 14.2 Å². The van der Waals surface area contributed by atoms with E-state index in [1.165, 1.54) is 38.9 Å². The number of fused-ring (bicyclic) bond motifs is 5. The molecule has 0 aromatic heterocycles. The summed E-state index contributed by atoms with van der Waals surface area (Å²) >= 11 is 0. The average molecular weight is 1010 g/mol. The lowest BCUT2D eigenvalue weighted by Crippen LogP contribution is -2.18. The lowest BCUT2D eigenvalue weighted by molar-refractivity contribution is 0.416. The number of hydrogen-bond acceptors (Lipinski definition) is 6. The third-order valence-electron chi connectivity index (χ3n) is 15.9. The lowest BCUT2D eigenvalue weighted by Gasteiger charge is -2.34. The van der Waals surface area contributed by atoms with E-state index in [0.717, 1.165) is 90.0 Å². The maximum absolute atomic E-state index is 6.28. The second-order valence-corrected chi connectivity index (χ2v) is 21.8. The molecule has 6 heteroatoms. The van der Waals surface area contributed by atoms with Crippen LogP contribution in [-0.4, -0.2) is 21.3 Å². The fraction of sp³-hybridized carbons (Fsp3) is 0.211. The molecule has 0 radical (unpaired) electrons.